The van der Waals surface area contributed by atoms with Gasteiger partial charge >= 0.3 is 5.97 Å². The Morgan fingerprint density at radius 2 is 1.79 bits per heavy atom. The molecule has 2 aromatic carbocycles. The predicted molar refractivity (Wildman–Crippen MR) is 107 cm³/mol. The highest BCUT2D eigenvalue weighted by Gasteiger charge is 2.27. The number of esters is 1. The lowest BCUT2D eigenvalue weighted by molar-refractivity contribution is 0.0526. The van der Waals surface area contributed by atoms with Gasteiger partial charge in [0, 0.05) is 26.2 Å². The minimum atomic E-state index is -3.65. The van der Waals surface area contributed by atoms with Crippen LogP contribution >= 0.6 is 0 Å². The highest BCUT2D eigenvalue weighted by molar-refractivity contribution is 7.89. The summed E-state index contributed by atoms with van der Waals surface area (Å²) >= 11 is 0. The summed E-state index contributed by atoms with van der Waals surface area (Å²) in [4.78, 5) is 14.3. The average Bonchev–Trinajstić information content (AvgIpc) is 2.95. The lowest BCUT2D eigenvalue weighted by Gasteiger charge is -2.22. The van der Waals surface area contributed by atoms with Crippen molar-refractivity contribution < 1.29 is 17.9 Å². The number of carbonyl (C=O) groups is 1. The number of rotatable bonds is 6. The summed E-state index contributed by atoms with van der Waals surface area (Å²) in [5.41, 5.74) is 1.48. The molecule has 0 unspecified atom stereocenters. The SMILES string of the molecule is CCOC(=O)c1cccc(S(=O)(=O)N2CCCN(Cc3ccccc3)CC2)c1. The first-order valence-electron chi connectivity index (χ1n) is 9.54. The van der Waals surface area contributed by atoms with E-state index in [1.807, 2.05) is 18.2 Å². The summed E-state index contributed by atoms with van der Waals surface area (Å²) in [5.74, 6) is -0.510. The molecule has 0 spiro atoms. The van der Waals surface area contributed by atoms with Gasteiger partial charge in [-0.05, 0) is 43.7 Å². The normalized spacial score (nSPS) is 16.5. The van der Waals surface area contributed by atoms with E-state index in [4.69, 9.17) is 4.74 Å². The van der Waals surface area contributed by atoms with Crippen molar-refractivity contribution in [3.8, 4) is 0 Å². The first-order chi connectivity index (χ1) is 13.5. The Hall–Kier alpha value is -2.22. The van der Waals surface area contributed by atoms with Crippen LogP contribution in [-0.4, -0.2) is 56.4 Å². The molecule has 0 bridgehead atoms. The zero-order valence-corrected chi connectivity index (χ0v) is 16.9. The van der Waals surface area contributed by atoms with Gasteiger partial charge in [0.05, 0.1) is 17.1 Å². The van der Waals surface area contributed by atoms with Crippen LogP contribution in [0.1, 0.15) is 29.3 Å². The molecule has 7 heteroatoms. The molecule has 1 aliphatic rings. The monoisotopic (exact) mass is 402 g/mol. The molecular weight excluding hydrogens is 376 g/mol. The van der Waals surface area contributed by atoms with Gasteiger partial charge < -0.3 is 4.74 Å². The van der Waals surface area contributed by atoms with Crippen molar-refractivity contribution in [1.82, 2.24) is 9.21 Å². The second-order valence-corrected chi connectivity index (χ2v) is 8.71. The minimum absolute atomic E-state index is 0.134. The third-order valence-corrected chi connectivity index (χ3v) is 6.67. The number of carbonyl (C=O) groups excluding carboxylic acids is 1. The molecule has 6 nitrogen and oxygen atoms in total. The Kier molecular flexibility index (Phi) is 6.83. The third-order valence-electron chi connectivity index (χ3n) is 4.78. The number of ether oxygens (including phenoxy) is 1. The second-order valence-electron chi connectivity index (χ2n) is 6.77. The van der Waals surface area contributed by atoms with Gasteiger partial charge in [0.15, 0.2) is 0 Å². The number of sulfonamides is 1. The molecule has 0 amide bonds. The van der Waals surface area contributed by atoms with Gasteiger partial charge in [0.25, 0.3) is 0 Å². The fourth-order valence-corrected chi connectivity index (χ4v) is 4.85. The zero-order chi connectivity index (χ0) is 20.0. The number of hydrogen-bond acceptors (Lipinski definition) is 5. The molecule has 0 atom stereocenters. The smallest absolute Gasteiger partial charge is 0.338 e. The molecule has 0 radical (unpaired) electrons. The topological polar surface area (TPSA) is 66.9 Å². The van der Waals surface area contributed by atoms with E-state index < -0.39 is 16.0 Å². The fourth-order valence-electron chi connectivity index (χ4n) is 3.33. The van der Waals surface area contributed by atoms with E-state index in [9.17, 15) is 13.2 Å². The summed E-state index contributed by atoms with van der Waals surface area (Å²) in [6, 6.07) is 16.3. The van der Waals surface area contributed by atoms with E-state index in [0.717, 1.165) is 19.5 Å². The lowest BCUT2D eigenvalue weighted by atomic mass is 10.2. The standard InChI is InChI=1S/C21H26N2O4S/c1-2-27-21(24)19-10-6-11-20(16-19)28(25,26)23-13-7-12-22(14-15-23)17-18-8-4-3-5-9-18/h3-6,8-11,16H,2,7,12-15,17H2,1H3. The number of benzene rings is 2. The van der Waals surface area contributed by atoms with Crippen molar-refractivity contribution in [2.75, 3.05) is 32.8 Å². The summed E-state index contributed by atoms with van der Waals surface area (Å²) in [6.07, 6.45) is 0.767. The minimum Gasteiger partial charge on any atom is -0.462 e. The molecule has 1 fully saturated rings. The highest BCUT2D eigenvalue weighted by atomic mass is 32.2. The van der Waals surface area contributed by atoms with Crippen molar-refractivity contribution in [3.63, 3.8) is 0 Å². The average molecular weight is 403 g/mol. The van der Waals surface area contributed by atoms with Gasteiger partial charge in [-0.2, -0.15) is 4.31 Å². The summed E-state index contributed by atoms with van der Waals surface area (Å²) in [7, 11) is -3.65. The van der Waals surface area contributed by atoms with E-state index in [0.29, 0.717) is 19.6 Å². The Labute approximate surface area is 166 Å². The van der Waals surface area contributed by atoms with Crippen LogP contribution in [-0.2, 0) is 21.3 Å². The van der Waals surface area contributed by atoms with E-state index in [1.165, 1.54) is 22.0 Å². The van der Waals surface area contributed by atoms with Crippen LogP contribution in [0.4, 0.5) is 0 Å². The summed E-state index contributed by atoms with van der Waals surface area (Å²) in [6.45, 7) is 5.20. The molecule has 1 heterocycles. The molecule has 28 heavy (non-hydrogen) atoms. The van der Waals surface area contributed by atoms with Crippen molar-refractivity contribution in [2.24, 2.45) is 0 Å². The largest absolute Gasteiger partial charge is 0.462 e. The van der Waals surface area contributed by atoms with Gasteiger partial charge in [-0.15, -0.1) is 0 Å². The Balaban J connectivity index is 1.70. The summed E-state index contributed by atoms with van der Waals surface area (Å²) in [5, 5.41) is 0. The van der Waals surface area contributed by atoms with E-state index in [-0.39, 0.29) is 17.1 Å². The summed E-state index contributed by atoms with van der Waals surface area (Å²) < 4.78 is 32.7. The van der Waals surface area contributed by atoms with Gasteiger partial charge in [0.2, 0.25) is 10.0 Å². The molecule has 0 aliphatic carbocycles. The Bertz CT molecular complexity index is 900. The fraction of sp³-hybridized carbons (Fsp3) is 0.381. The molecule has 0 saturated carbocycles. The molecule has 0 aromatic heterocycles. The van der Waals surface area contributed by atoms with Gasteiger partial charge in [-0.25, -0.2) is 13.2 Å². The molecule has 0 N–H and O–H groups in total. The van der Waals surface area contributed by atoms with E-state index in [1.54, 1.807) is 19.1 Å². The first-order valence-corrected chi connectivity index (χ1v) is 11.0. The molecule has 1 saturated heterocycles. The molecule has 2 aromatic rings. The van der Waals surface area contributed by atoms with Crippen molar-refractivity contribution >= 4 is 16.0 Å². The third kappa shape index (κ3) is 4.98. The maximum atomic E-state index is 13.1. The number of hydrogen-bond donors (Lipinski definition) is 0. The maximum absolute atomic E-state index is 13.1. The van der Waals surface area contributed by atoms with Crippen LogP contribution in [0.2, 0.25) is 0 Å². The van der Waals surface area contributed by atoms with Crippen LogP contribution < -0.4 is 0 Å². The highest BCUT2D eigenvalue weighted by Crippen LogP contribution is 2.20. The Morgan fingerprint density at radius 3 is 2.54 bits per heavy atom. The lowest BCUT2D eigenvalue weighted by Crippen LogP contribution is -2.35. The zero-order valence-electron chi connectivity index (χ0n) is 16.1. The maximum Gasteiger partial charge on any atom is 0.338 e. The van der Waals surface area contributed by atoms with Crippen LogP contribution in [0, 0.1) is 0 Å². The number of nitrogens with zero attached hydrogens (tertiary/aromatic N) is 2. The van der Waals surface area contributed by atoms with Gasteiger partial charge in [0.1, 0.15) is 0 Å². The van der Waals surface area contributed by atoms with Crippen molar-refractivity contribution in [3.05, 3.63) is 65.7 Å². The first kappa shape index (κ1) is 20.5. The quantitative estimate of drug-likeness (QED) is 0.695. The van der Waals surface area contributed by atoms with Crippen LogP contribution in [0.25, 0.3) is 0 Å². The van der Waals surface area contributed by atoms with Gasteiger partial charge in [-0.1, -0.05) is 36.4 Å². The Morgan fingerprint density at radius 1 is 1.00 bits per heavy atom. The molecule has 1 aliphatic heterocycles. The predicted octanol–water partition coefficient (Wildman–Crippen LogP) is 2.76. The molecule has 3 rings (SSSR count). The van der Waals surface area contributed by atoms with E-state index in [2.05, 4.69) is 17.0 Å². The second kappa shape index (κ2) is 9.32. The van der Waals surface area contributed by atoms with Crippen LogP contribution in [0.3, 0.4) is 0 Å². The van der Waals surface area contributed by atoms with Gasteiger partial charge in [-0.3, -0.25) is 4.90 Å². The molecular formula is C21H26N2O4S. The van der Waals surface area contributed by atoms with Crippen molar-refractivity contribution in [1.29, 1.82) is 0 Å². The van der Waals surface area contributed by atoms with Crippen LogP contribution in [0.15, 0.2) is 59.5 Å². The van der Waals surface area contributed by atoms with E-state index >= 15 is 0 Å². The van der Waals surface area contributed by atoms with Crippen LogP contribution in [0.5, 0.6) is 0 Å². The van der Waals surface area contributed by atoms with Crippen molar-refractivity contribution in [2.45, 2.75) is 24.8 Å². The molecule has 150 valence electrons.